The summed E-state index contributed by atoms with van der Waals surface area (Å²) in [4.78, 5) is 0. The highest BCUT2D eigenvalue weighted by atomic mass is 32.1. The highest BCUT2D eigenvalue weighted by Crippen LogP contribution is 2.20. The van der Waals surface area contributed by atoms with Crippen molar-refractivity contribution in [3.05, 3.63) is 29.0 Å². The van der Waals surface area contributed by atoms with E-state index in [0.717, 1.165) is 10.8 Å². The van der Waals surface area contributed by atoms with Gasteiger partial charge in [0.25, 0.3) is 0 Å². The summed E-state index contributed by atoms with van der Waals surface area (Å²) in [6, 6.07) is 5.95. The van der Waals surface area contributed by atoms with Crippen LogP contribution < -0.4 is 10.1 Å². The van der Waals surface area contributed by atoms with E-state index in [1.807, 2.05) is 32.0 Å². The number of hydrogen-bond acceptors (Lipinski definition) is 5. The molecule has 0 bridgehead atoms. The number of hydrogen-bond donors (Lipinski definition) is 3. The largest absolute Gasteiger partial charge is 0.491 e. The maximum Gasteiger partial charge on any atom is 0.127 e. The average molecular weight is 293 g/mol. The third-order valence-corrected chi connectivity index (χ3v) is 3.15. The summed E-state index contributed by atoms with van der Waals surface area (Å²) in [6.45, 7) is 4.82. The maximum absolute atomic E-state index is 9.80. The molecular formula is C14H19N3O2S. The van der Waals surface area contributed by atoms with Gasteiger partial charge in [-0.3, -0.25) is 5.10 Å². The number of aliphatic hydroxyl groups is 1. The van der Waals surface area contributed by atoms with E-state index in [9.17, 15) is 5.11 Å². The predicted molar refractivity (Wildman–Crippen MR) is 81.6 cm³/mol. The average Bonchev–Trinajstić information content (AvgIpc) is 2.43. The van der Waals surface area contributed by atoms with Gasteiger partial charge in [-0.1, -0.05) is 26.1 Å². The molecule has 2 aromatic rings. The quantitative estimate of drug-likeness (QED) is 0.711. The molecule has 1 aromatic heterocycles. The Kier molecular flexibility index (Phi) is 5.05. The number of rotatable bonds is 6. The lowest BCUT2D eigenvalue weighted by molar-refractivity contribution is 0.105. The molecule has 2 rings (SSSR count). The first-order chi connectivity index (χ1) is 9.56. The number of H-pyrrole nitrogens is 1. The van der Waals surface area contributed by atoms with Crippen molar-refractivity contribution >= 4 is 23.0 Å². The summed E-state index contributed by atoms with van der Waals surface area (Å²) in [5.74, 6) is 0.687. The number of aromatic amines is 1. The van der Waals surface area contributed by atoms with Gasteiger partial charge < -0.3 is 15.2 Å². The van der Waals surface area contributed by atoms with Crippen molar-refractivity contribution < 1.29 is 9.84 Å². The Hall–Kier alpha value is -1.50. The van der Waals surface area contributed by atoms with Crippen LogP contribution >= 0.6 is 12.2 Å². The summed E-state index contributed by atoms with van der Waals surface area (Å²) in [7, 11) is 0. The van der Waals surface area contributed by atoms with Crippen LogP contribution in [0.4, 0.5) is 0 Å². The second-order valence-corrected chi connectivity index (χ2v) is 5.38. The van der Waals surface area contributed by atoms with E-state index < -0.39 is 6.10 Å². The summed E-state index contributed by atoms with van der Waals surface area (Å²) in [6.07, 6.45) is 1.18. The molecule has 0 saturated carbocycles. The minimum absolute atomic E-state index is 0.243. The zero-order chi connectivity index (χ0) is 14.5. The van der Waals surface area contributed by atoms with E-state index >= 15 is 0 Å². The molecular weight excluding hydrogens is 274 g/mol. The van der Waals surface area contributed by atoms with E-state index in [-0.39, 0.29) is 6.61 Å². The van der Waals surface area contributed by atoms with Crippen LogP contribution in [-0.4, -0.2) is 40.6 Å². The topological polar surface area (TPSA) is 70.2 Å². The van der Waals surface area contributed by atoms with Gasteiger partial charge in [0.05, 0.1) is 6.20 Å². The van der Waals surface area contributed by atoms with E-state index in [1.54, 1.807) is 6.20 Å². The molecule has 5 nitrogen and oxygen atoms in total. The first-order valence-electron chi connectivity index (χ1n) is 6.58. The van der Waals surface area contributed by atoms with Gasteiger partial charge in [-0.05, 0) is 18.2 Å². The van der Waals surface area contributed by atoms with E-state index in [4.69, 9.17) is 17.0 Å². The lowest BCUT2D eigenvalue weighted by Gasteiger charge is -2.15. The minimum Gasteiger partial charge on any atom is -0.491 e. The first kappa shape index (κ1) is 14.9. The molecule has 0 spiro atoms. The number of benzene rings is 1. The predicted octanol–water partition coefficient (Wildman–Crippen LogP) is 2.03. The molecule has 0 radical (unpaired) electrons. The van der Waals surface area contributed by atoms with Crippen molar-refractivity contribution in [2.45, 2.75) is 26.0 Å². The SMILES string of the molecule is CC(C)NCC(O)COc1ccc2cn[nH]c(=S)c2c1. The number of fused-ring (bicyclic) bond motifs is 1. The molecule has 0 amide bonds. The van der Waals surface area contributed by atoms with E-state index in [2.05, 4.69) is 15.5 Å². The van der Waals surface area contributed by atoms with Gasteiger partial charge in [-0.15, -0.1) is 0 Å². The van der Waals surface area contributed by atoms with E-state index in [1.165, 1.54) is 0 Å². The molecule has 1 heterocycles. The first-order valence-corrected chi connectivity index (χ1v) is 6.99. The Morgan fingerprint density at radius 3 is 3.00 bits per heavy atom. The van der Waals surface area contributed by atoms with Crippen LogP contribution in [0.1, 0.15) is 13.8 Å². The van der Waals surface area contributed by atoms with Gasteiger partial charge in [0.15, 0.2) is 0 Å². The summed E-state index contributed by atoms with van der Waals surface area (Å²) < 4.78 is 6.17. The van der Waals surface area contributed by atoms with Gasteiger partial charge in [0, 0.05) is 23.4 Å². The molecule has 0 aliphatic heterocycles. The van der Waals surface area contributed by atoms with Crippen molar-refractivity contribution in [1.82, 2.24) is 15.5 Å². The Labute approximate surface area is 123 Å². The molecule has 0 fully saturated rings. The van der Waals surface area contributed by atoms with Crippen LogP contribution in [0.15, 0.2) is 24.4 Å². The van der Waals surface area contributed by atoms with Crippen molar-refractivity contribution in [1.29, 1.82) is 0 Å². The molecule has 0 aliphatic carbocycles. The zero-order valence-corrected chi connectivity index (χ0v) is 12.4. The number of nitrogens with one attached hydrogen (secondary N) is 2. The minimum atomic E-state index is -0.542. The highest BCUT2D eigenvalue weighted by Gasteiger charge is 2.06. The monoisotopic (exact) mass is 293 g/mol. The van der Waals surface area contributed by atoms with Gasteiger partial charge in [-0.2, -0.15) is 5.10 Å². The number of ether oxygens (including phenoxy) is 1. The smallest absolute Gasteiger partial charge is 0.127 e. The Morgan fingerprint density at radius 1 is 1.45 bits per heavy atom. The van der Waals surface area contributed by atoms with Crippen molar-refractivity contribution in [2.75, 3.05) is 13.2 Å². The normalized spacial score (nSPS) is 12.8. The van der Waals surface area contributed by atoms with Gasteiger partial charge in [-0.25, -0.2) is 0 Å². The molecule has 0 saturated heterocycles. The Balaban J connectivity index is 2.00. The van der Waals surface area contributed by atoms with Gasteiger partial charge in [0.1, 0.15) is 23.1 Å². The van der Waals surface area contributed by atoms with E-state index in [0.29, 0.717) is 23.0 Å². The van der Waals surface area contributed by atoms with Crippen LogP contribution in [0.3, 0.4) is 0 Å². The number of aromatic nitrogens is 2. The van der Waals surface area contributed by atoms with Gasteiger partial charge >= 0.3 is 0 Å². The van der Waals surface area contributed by atoms with Crippen LogP contribution in [0, 0.1) is 4.64 Å². The molecule has 1 atom stereocenters. The lowest BCUT2D eigenvalue weighted by atomic mass is 10.2. The fourth-order valence-corrected chi connectivity index (χ4v) is 2.01. The fraction of sp³-hybridized carbons (Fsp3) is 0.429. The molecule has 6 heteroatoms. The fourth-order valence-electron chi connectivity index (χ4n) is 1.78. The van der Waals surface area contributed by atoms with Crippen LogP contribution in [0.5, 0.6) is 5.75 Å². The van der Waals surface area contributed by atoms with Crippen LogP contribution in [-0.2, 0) is 0 Å². The number of nitrogens with zero attached hydrogens (tertiary/aromatic N) is 1. The number of aliphatic hydroxyl groups excluding tert-OH is 1. The molecule has 1 unspecified atom stereocenters. The van der Waals surface area contributed by atoms with Gasteiger partial charge in [0.2, 0.25) is 0 Å². The van der Waals surface area contributed by atoms with Crippen molar-refractivity contribution in [3.8, 4) is 5.75 Å². The molecule has 1 aromatic carbocycles. The molecule has 20 heavy (non-hydrogen) atoms. The standard InChI is InChI=1S/C14H19N3O2S/c1-9(2)15-7-11(18)8-19-12-4-3-10-6-16-17-14(20)13(10)5-12/h3-6,9,11,15,18H,7-8H2,1-2H3,(H,17,20). The van der Waals surface area contributed by atoms with Crippen molar-refractivity contribution in [2.24, 2.45) is 0 Å². The lowest BCUT2D eigenvalue weighted by Crippen LogP contribution is -2.35. The summed E-state index contributed by atoms with van der Waals surface area (Å²) in [5.41, 5.74) is 0. The van der Waals surface area contributed by atoms with Crippen LogP contribution in [0.25, 0.3) is 10.8 Å². The zero-order valence-electron chi connectivity index (χ0n) is 11.6. The third kappa shape index (κ3) is 4.00. The highest BCUT2D eigenvalue weighted by molar-refractivity contribution is 7.71. The Morgan fingerprint density at radius 2 is 2.25 bits per heavy atom. The van der Waals surface area contributed by atoms with Crippen molar-refractivity contribution in [3.63, 3.8) is 0 Å². The Bertz CT molecular complexity index is 627. The third-order valence-electron chi connectivity index (χ3n) is 2.84. The second kappa shape index (κ2) is 6.78. The molecule has 108 valence electrons. The molecule has 3 N–H and O–H groups in total. The van der Waals surface area contributed by atoms with Crippen LogP contribution in [0.2, 0.25) is 0 Å². The summed E-state index contributed by atoms with van der Waals surface area (Å²) >= 11 is 5.19. The molecule has 0 aliphatic rings. The second-order valence-electron chi connectivity index (χ2n) is 4.98. The maximum atomic E-state index is 9.80. The summed E-state index contributed by atoms with van der Waals surface area (Å²) in [5, 5.41) is 21.5.